The molecule has 0 aliphatic carbocycles. The summed E-state index contributed by atoms with van der Waals surface area (Å²) in [4.78, 5) is 4.41. The monoisotopic (exact) mass is 443 g/mol. The minimum atomic E-state index is -4.67. The SMILES string of the molecule is CCNC(=NCc1ccc(OC)c(OC)c1OC)NCc1ccc(F)cc1C(F)(F)F. The maximum atomic E-state index is 13.3. The van der Waals surface area contributed by atoms with E-state index in [4.69, 9.17) is 14.2 Å². The van der Waals surface area contributed by atoms with Gasteiger partial charge < -0.3 is 24.8 Å². The lowest BCUT2D eigenvalue weighted by atomic mass is 10.1. The maximum Gasteiger partial charge on any atom is 0.416 e. The smallest absolute Gasteiger partial charge is 0.416 e. The zero-order valence-electron chi connectivity index (χ0n) is 17.7. The van der Waals surface area contributed by atoms with Gasteiger partial charge in [-0.25, -0.2) is 9.38 Å². The van der Waals surface area contributed by atoms with Gasteiger partial charge in [-0.3, -0.25) is 0 Å². The number of nitrogens with zero attached hydrogens (tertiary/aromatic N) is 1. The van der Waals surface area contributed by atoms with Crippen LogP contribution in [0, 0.1) is 5.82 Å². The molecule has 0 saturated carbocycles. The van der Waals surface area contributed by atoms with E-state index in [-0.39, 0.29) is 24.6 Å². The lowest BCUT2D eigenvalue weighted by Gasteiger charge is -2.17. The molecule has 0 radical (unpaired) electrons. The molecule has 2 rings (SSSR count). The Morgan fingerprint density at radius 1 is 0.935 bits per heavy atom. The Morgan fingerprint density at radius 3 is 2.19 bits per heavy atom. The van der Waals surface area contributed by atoms with E-state index in [1.54, 1.807) is 12.1 Å². The van der Waals surface area contributed by atoms with Crippen LogP contribution in [-0.4, -0.2) is 33.8 Å². The van der Waals surface area contributed by atoms with Crippen molar-refractivity contribution >= 4 is 5.96 Å². The fourth-order valence-electron chi connectivity index (χ4n) is 2.94. The highest BCUT2D eigenvalue weighted by atomic mass is 19.4. The topological polar surface area (TPSA) is 64.1 Å². The second-order valence-corrected chi connectivity index (χ2v) is 6.34. The van der Waals surface area contributed by atoms with Gasteiger partial charge in [0.05, 0.1) is 33.4 Å². The Labute approximate surface area is 178 Å². The van der Waals surface area contributed by atoms with E-state index in [9.17, 15) is 17.6 Å². The first-order chi connectivity index (χ1) is 14.7. The van der Waals surface area contributed by atoms with Crippen LogP contribution in [-0.2, 0) is 19.3 Å². The van der Waals surface area contributed by atoms with E-state index >= 15 is 0 Å². The van der Waals surface area contributed by atoms with Gasteiger partial charge in [0.15, 0.2) is 17.5 Å². The molecule has 0 fully saturated rings. The van der Waals surface area contributed by atoms with Crippen LogP contribution >= 0.6 is 0 Å². The van der Waals surface area contributed by atoms with Crippen molar-refractivity contribution in [3.05, 3.63) is 52.8 Å². The summed E-state index contributed by atoms with van der Waals surface area (Å²) in [5.74, 6) is 0.693. The number of alkyl halides is 3. The third-order valence-corrected chi connectivity index (χ3v) is 4.36. The van der Waals surface area contributed by atoms with Crippen LogP contribution in [0.15, 0.2) is 35.3 Å². The van der Waals surface area contributed by atoms with Crippen LogP contribution in [0.2, 0.25) is 0 Å². The number of rotatable bonds is 8. The van der Waals surface area contributed by atoms with Gasteiger partial charge in [-0.05, 0) is 36.8 Å². The molecule has 6 nitrogen and oxygen atoms in total. The molecular formula is C21H25F4N3O3. The van der Waals surface area contributed by atoms with E-state index in [0.717, 1.165) is 12.1 Å². The summed E-state index contributed by atoms with van der Waals surface area (Å²) in [5.41, 5.74) is -0.435. The highest BCUT2D eigenvalue weighted by Gasteiger charge is 2.33. The number of hydrogen-bond acceptors (Lipinski definition) is 4. The number of methoxy groups -OCH3 is 3. The first kappa shape index (κ1) is 24.1. The Bertz CT molecular complexity index is 917. The molecule has 0 spiro atoms. The second-order valence-electron chi connectivity index (χ2n) is 6.34. The van der Waals surface area contributed by atoms with E-state index in [2.05, 4.69) is 15.6 Å². The third kappa shape index (κ3) is 6.16. The summed E-state index contributed by atoms with van der Waals surface area (Å²) >= 11 is 0. The predicted molar refractivity (Wildman–Crippen MR) is 109 cm³/mol. The molecule has 0 unspecified atom stereocenters. The summed E-state index contributed by atoms with van der Waals surface area (Å²) in [6, 6.07) is 6.04. The van der Waals surface area contributed by atoms with E-state index in [1.165, 1.54) is 21.3 Å². The number of halogens is 4. The number of nitrogens with one attached hydrogen (secondary N) is 2. The van der Waals surface area contributed by atoms with E-state index in [0.29, 0.717) is 35.4 Å². The van der Waals surface area contributed by atoms with Crippen molar-refractivity contribution in [3.63, 3.8) is 0 Å². The molecule has 0 aromatic heterocycles. The largest absolute Gasteiger partial charge is 0.493 e. The Morgan fingerprint density at radius 2 is 1.61 bits per heavy atom. The molecule has 2 aromatic carbocycles. The molecule has 31 heavy (non-hydrogen) atoms. The number of benzene rings is 2. The van der Waals surface area contributed by atoms with Crippen molar-refractivity contribution in [1.29, 1.82) is 0 Å². The van der Waals surface area contributed by atoms with Crippen molar-refractivity contribution in [1.82, 2.24) is 10.6 Å². The van der Waals surface area contributed by atoms with Crippen LogP contribution in [0.3, 0.4) is 0 Å². The molecule has 2 aromatic rings. The summed E-state index contributed by atoms with van der Waals surface area (Å²) in [6.45, 7) is 2.29. The molecule has 170 valence electrons. The fraction of sp³-hybridized carbons (Fsp3) is 0.381. The van der Waals surface area contributed by atoms with Crippen molar-refractivity contribution in [2.24, 2.45) is 4.99 Å². The van der Waals surface area contributed by atoms with Crippen molar-refractivity contribution in [3.8, 4) is 17.2 Å². The number of hydrogen-bond donors (Lipinski definition) is 2. The van der Waals surface area contributed by atoms with Crippen molar-refractivity contribution in [2.45, 2.75) is 26.2 Å². The molecule has 0 atom stereocenters. The molecule has 0 aliphatic rings. The van der Waals surface area contributed by atoms with E-state index in [1.807, 2.05) is 6.92 Å². The summed E-state index contributed by atoms with van der Waals surface area (Å²) < 4.78 is 69.0. The lowest BCUT2D eigenvalue weighted by molar-refractivity contribution is -0.138. The number of aliphatic imine (C=N–C) groups is 1. The molecular weight excluding hydrogens is 418 g/mol. The lowest BCUT2D eigenvalue weighted by Crippen LogP contribution is -2.37. The predicted octanol–water partition coefficient (Wildman–Crippen LogP) is 4.13. The zero-order valence-corrected chi connectivity index (χ0v) is 17.7. The van der Waals surface area contributed by atoms with Crippen LogP contribution < -0.4 is 24.8 Å². The minimum Gasteiger partial charge on any atom is -0.493 e. The maximum absolute atomic E-state index is 13.3. The summed E-state index contributed by atoms with van der Waals surface area (Å²) in [6.07, 6.45) is -4.67. The Kier molecular flexibility index (Phi) is 8.35. The molecule has 0 heterocycles. The number of ether oxygens (including phenoxy) is 3. The van der Waals surface area contributed by atoms with Gasteiger partial charge in [0.25, 0.3) is 0 Å². The van der Waals surface area contributed by atoms with Crippen LogP contribution in [0.1, 0.15) is 23.6 Å². The Balaban J connectivity index is 2.25. The third-order valence-electron chi connectivity index (χ3n) is 4.36. The van der Waals surface area contributed by atoms with Gasteiger partial charge in [-0.1, -0.05) is 6.07 Å². The van der Waals surface area contributed by atoms with Crippen LogP contribution in [0.5, 0.6) is 17.2 Å². The van der Waals surface area contributed by atoms with Gasteiger partial charge in [0.1, 0.15) is 5.82 Å². The van der Waals surface area contributed by atoms with Gasteiger partial charge in [-0.15, -0.1) is 0 Å². The molecule has 0 bridgehead atoms. The fourth-order valence-corrected chi connectivity index (χ4v) is 2.94. The van der Waals surface area contributed by atoms with E-state index < -0.39 is 17.6 Å². The highest BCUT2D eigenvalue weighted by molar-refractivity contribution is 5.79. The summed E-state index contributed by atoms with van der Waals surface area (Å²) in [5, 5.41) is 5.82. The molecule has 0 aliphatic heterocycles. The minimum absolute atomic E-state index is 0.0943. The average Bonchev–Trinajstić information content (AvgIpc) is 2.74. The molecule has 10 heteroatoms. The molecule has 0 amide bonds. The average molecular weight is 443 g/mol. The van der Waals surface area contributed by atoms with Gasteiger partial charge >= 0.3 is 6.18 Å². The Hall–Kier alpha value is -3.17. The number of guanidine groups is 1. The van der Waals surface area contributed by atoms with Crippen LogP contribution in [0.4, 0.5) is 17.6 Å². The van der Waals surface area contributed by atoms with Crippen molar-refractivity contribution < 1.29 is 31.8 Å². The second kappa shape index (κ2) is 10.7. The van der Waals surface area contributed by atoms with Crippen molar-refractivity contribution in [2.75, 3.05) is 27.9 Å². The van der Waals surface area contributed by atoms with Gasteiger partial charge in [-0.2, -0.15) is 13.2 Å². The first-order valence-electron chi connectivity index (χ1n) is 9.40. The first-order valence-corrected chi connectivity index (χ1v) is 9.40. The van der Waals surface area contributed by atoms with Gasteiger partial charge in [0.2, 0.25) is 5.75 Å². The molecule has 2 N–H and O–H groups in total. The highest BCUT2D eigenvalue weighted by Crippen LogP contribution is 2.40. The van der Waals surface area contributed by atoms with Crippen LogP contribution in [0.25, 0.3) is 0 Å². The summed E-state index contributed by atoms with van der Waals surface area (Å²) in [7, 11) is 4.48. The zero-order chi connectivity index (χ0) is 23.0. The normalized spacial score (nSPS) is 11.8. The standard InChI is InChI=1S/C21H25F4N3O3/c1-5-26-20(27-11-13-6-8-15(22)10-16(13)21(23,24)25)28-12-14-7-9-17(29-2)19(31-4)18(14)30-3/h6-10H,5,11-12H2,1-4H3,(H2,26,27,28). The quantitative estimate of drug-likeness (QED) is 0.365. The molecule has 0 saturated heterocycles. The van der Waals surface area contributed by atoms with Gasteiger partial charge in [0, 0.05) is 18.7 Å².